The number of hydrogen-bond acceptors (Lipinski definition) is 1. The van der Waals surface area contributed by atoms with Gasteiger partial charge in [0, 0.05) is 0 Å². The molecule has 0 aromatic heterocycles. The standard InChI is InChI=1S/C4H6O2.FH/c1-2-3-4(5)6;/h2H,1,3H2,(H,5,6);1H. The zero-order chi connectivity index (χ0) is 4.99. The molecule has 42 valence electrons. The van der Waals surface area contributed by atoms with Gasteiger partial charge in [-0.3, -0.25) is 9.50 Å². The van der Waals surface area contributed by atoms with Gasteiger partial charge in [-0.2, -0.15) is 0 Å². The quantitative estimate of drug-likeness (QED) is 0.528. The van der Waals surface area contributed by atoms with Crippen molar-refractivity contribution in [1.29, 1.82) is 0 Å². The lowest BCUT2D eigenvalue weighted by Gasteiger charge is -1.75. The van der Waals surface area contributed by atoms with E-state index in [1.54, 1.807) is 0 Å². The maximum atomic E-state index is 9.53. The minimum atomic E-state index is -0.829. The molecule has 7 heavy (non-hydrogen) atoms. The maximum Gasteiger partial charge on any atom is 0.307 e. The first-order chi connectivity index (χ1) is 2.77. The SMILES string of the molecule is C=CCC(=O)O.F. The summed E-state index contributed by atoms with van der Waals surface area (Å²) in [5, 5.41) is 7.84. The highest BCUT2D eigenvalue weighted by Crippen LogP contribution is 1.74. The van der Waals surface area contributed by atoms with E-state index in [1.165, 1.54) is 6.08 Å². The predicted molar refractivity (Wildman–Crippen MR) is 25.0 cm³/mol. The average Bonchev–Trinajstić information content (AvgIpc) is 1.35. The lowest BCUT2D eigenvalue weighted by Crippen LogP contribution is -1.88. The minimum Gasteiger partial charge on any atom is -0.481 e. The summed E-state index contributed by atoms with van der Waals surface area (Å²) < 4.78 is 0. The summed E-state index contributed by atoms with van der Waals surface area (Å²) in [6.07, 6.45) is 1.41. The fraction of sp³-hybridized carbons (Fsp3) is 0.250. The number of carboxylic acids is 1. The average molecular weight is 106 g/mol. The Hall–Kier alpha value is -0.860. The van der Waals surface area contributed by atoms with Crippen LogP contribution in [-0.2, 0) is 4.79 Å². The number of halogens is 1. The highest BCUT2D eigenvalue weighted by molar-refractivity contribution is 5.68. The van der Waals surface area contributed by atoms with Crippen molar-refractivity contribution in [3.05, 3.63) is 12.7 Å². The second kappa shape index (κ2) is 5.14. The fourth-order valence-electron chi connectivity index (χ4n) is 0.123. The zero-order valence-corrected chi connectivity index (χ0v) is 3.76. The number of rotatable bonds is 2. The van der Waals surface area contributed by atoms with Crippen LogP contribution in [0, 0.1) is 0 Å². The van der Waals surface area contributed by atoms with E-state index in [9.17, 15) is 4.79 Å². The second-order valence-electron chi connectivity index (χ2n) is 0.887. The van der Waals surface area contributed by atoms with Gasteiger partial charge in [0.2, 0.25) is 0 Å². The highest BCUT2D eigenvalue weighted by Gasteiger charge is 1.84. The zero-order valence-electron chi connectivity index (χ0n) is 3.76. The summed E-state index contributed by atoms with van der Waals surface area (Å²) >= 11 is 0. The molecule has 0 spiro atoms. The van der Waals surface area contributed by atoms with E-state index in [-0.39, 0.29) is 11.1 Å². The van der Waals surface area contributed by atoms with E-state index < -0.39 is 5.97 Å². The molecular formula is C4H7FO2. The molecule has 0 fully saturated rings. The molecule has 0 aromatic rings. The van der Waals surface area contributed by atoms with Crippen molar-refractivity contribution >= 4 is 5.97 Å². The summed E-state index contributed by atoms with van der Waals surface area (Å²) in [6.45, 7) is 3.22. The van der Waals surface area contributed by atoms with Crippen molar-refractivity contribution < 1.29 is 14.6 Å². The van der Waals surface area contributed by atoms with Crippen molar-refractivity contribution in [2.45, 2.75) is 6.42 Å². The lowest BCUT2D eigenvalue weighted by molar-refractivity contribution is -0.135. The fourth-order valence-corrected chi connectivity index (χ4v) is 0.123. The molecule has 0 radical (unpaired) electrons. The summed E-state index contributed by atoms with van der Waals surface area (Å²) in [6, 6.07) is 0. The lowest BCUT2D eigenvalue weighted by atomic mass is 10.4. The Morgan fingerprint density at radius 1 is 1.86 bits per heavy atom. The van der Waals surface area contributed by atoms with Crippen molar-refractivity contribution in [3.63, 3.8) is 0 Å². The number of aliphatic carboxylic acids is 1. The van der Waals surface area contributed by atoms with Crippen LogP contribution in [0.25, 0.3) is 0 Å². The summed E-state index contributed by atoms with van der Waals surface area (Å²) in [7, 11) is 0. The van der Waals surface area contributed by atoms with Gasteiger partial charge in [-0.15, -0.1) is 6.58 Å². The van der Waals surface area contributed by atoms with E-state index in [0.29, 0.717) is 0 Å². The van der Waals surface area contributed by atoms with Gasteiger partial charge in [0.1, 0.15) is 0 Å². The molecule has 0 saturated carbocycles. The third kappa shape index (κ3) is 11.1. The van der Waals surface area contributed by atoms with Crippen LogP contribution >= 0.6 is 0 Å². The molecule has 0 heterocycles. The first kappa shape index (κ1) is 9.46. The van der Waals surface area contributed by atoms with E-state index in [1.807, 2.05) is 0 Å². The Labute approximate surface area is 40.8 Å². The van der Waals surface area contributed by atoms with Gasteiger partial charge in [-0.1, -0.05) is 6.08 Å². The third-order valence-electron chi connectivity index (χ3n) is 0.319. The highest BCUT2D eigenvalue weighted by atomic mass is 19.0. The molecule has 0 aliphatic heterocycles. The summed E-state index contributed by atoms with van der Waals surface area (Å²) in [4.78, 5) is 9.53. The molecule has 3 heteroatoms. The van der Waals surface area contributed by atoms with E-state index >= 15 is 0 Å². The van der Waals surface area contributed by atoms with Crippen molar-refractivity contribution in [1.82, 2.24) is 0 Å². The Kier molecular flexibility index (Phi) is 6.95. The molecule has 2 nitrogen and oxygen atoms in total. The molecule has 0 aliphatic rings. The Balaban J connectivity index is 0. The second-order valence-corrected chi connectivity index (χ2v) is 0.887. The van der Waals surface area contributed by atoms with E-state index in [4.69, 9.17) is 5.11 Å². The van der Waals surface area contributed by atoms with Gasteiger partial charge in [0.05, 0.1) is 6.42 Å². The number of hydrogen-bond donors (Lipinski definition) is 1. The molecule has 0 bridgehead atoms. The Morgan fingerprint density at radius 2 is 2.29 bits per heavy atom. The van der Waals surface area contributed by atoms with Crippen LogP contribution in [0.2, 0.25) is 0 Å². The monoisotopic (exact) mass is 106 g/mol. The van der Waals surface area contributed by atoms with Crippen LogP contribution in [-0.4, -0.2) is 11.1 Å². The molecule has 0 aliphatic carbocycles. The third-order valence-corrected chi connectivity index (χ3v) is 0.319. The van der Waals surface area contributed by atoms with Gasteiger partial charge in [-0.25, -0.2) is 0 Å². The Bertz CT molecular complexity index is 70.1. The largest absolute Gasteiger partial charge is 0.481 e. The predicted octanol–water partition coefficient (Wildman–Crippen LogP) is 0.800. The first-order valence-electron chi connectivity index (χ1n) is 1.60. The van der Waals surface area contributed by atoms with Gasteiger partial charge in [0.15, 0.2) is 0 Å². The van der Waals surface area contributed by atoms with Crippen molar-refractivity contribution in [2.24, 2.45) is 0 Å². The first-order valence-corrected chi connectivity index (χ1v) is 1.60. The topological polar surface area (TPSA) is 37.3 Å². The van der Waals surface area contributed by atoms with E-state index in [0.717, 1.165) is 0 Å². The molecular weight excluding hydrogens is 99.0 g/mol. The normalized spacial score (nSPS) is 6.29. The van der Waals surface area contributed by atoms with Gasteiger partial charge in [0.25, 0.3) is 0 Å². The molecule has 0 unspecified atom stereocenters. The van der Waals surface area contributed by atoms with Crippen molar-refractivity contribution in [3.8, 4) is 0 Å². The smallest absolute Gasteiger partial charge is 0.307 e. The van der Waals surface area contributed by atoms with Crippen LogP contribution in [0.5, 0.6) is 0 Å². The summed E-state index contributed by atoms with van der Waals surface area (Å²) in [5.74, 6) is -0.829. The Morgan fingerprint density at radius 3 is 2.29 bits per heavy atom. The van der Waals surface area contributed by atoms with Gasteiger partial charge in [-0.05, 0) is 0 Å². The van der Waals surface area contributed by atoms with Crippen LogP contribution in [0.1, 0.15) is 6.42 Å². The molecule has 0 amide bonds. The van der Waals surface area contributed by atoms with Gasteiger partial charge < -0.3 is 5.11 Å². The maximum absolute atomic E-state index is 9.53. The molecule has 0 atom stereocenters. The van der Waals surface area contributed by atoms with Gasteiger partial charge >= 0.3 is 5.97 Å². The molecule has 0 saturated heterocycles. The van der Waals surface area contributed by atoms with E-state index in [2.05, 4.69) is 6.58 Å². The van der Waals surface area contributed by atoms with Crippen LogP contribution in [0.15, 0.2) is 12.7 Å². The van der Waals surface area contributed by atoms with Crippen molar-refractivity contribution in [2.75, 3.05) is 0 Å². The van der Waals surface area contributed by atoms with Crippen LogP contribution in [0.3, 0.4) is 0 Å². The molecule has 1 N–H and O–H groups in total. The molecule has 0 rings (SSSR count). The molecule has 0 aromatic carbocycles. The number of carboxylic acid groups (broad SMARTS) is 1. The number of carbonyl (C=O) groups is 1. The minimum absolute atomic E-state index is 0. The van der Waals surface area contributed by atoms with Crippen LogP contribution in [0.4, 0.5) is 4.70 Å². The summed E-state index contributed by atoms with van der Waals surface area (Å²) in [5.41, 5.74) is 0. The van der Waals surface area contributed by atoms with Crippen LogP contribution < -0.4 is 0 Å².